The zero-order valence-corrected chi connectivity index (χ0v) is 22.8. The van der Waals surface area contributed by atoms with Crippen molar-refractivity contribution in [2.45, 2.75) is 130 Å². The fourth-order valence-corrected chi connectivity index (χ4v) is 11.6. The van der Waals surface area contributed by atoms with Crippen molar-refractivity contribution in [2.75, 3.05) is 0 Å². The smallest absolute Gasteiger partial charge is 0.123 e. The number of rotatable bonds is 6. The van der Waals surface area contributed by atoms with E-state index in [-0.39, 0.29) is 41.0 Å². The van der Waals surface area contributed by atoms with E-state index in [1.165, 1.54) is 32.0 Å². The monoisotopic (exact) mass is 474 g/mol. The maximum absolute atomic E-state index is 11.9. The molecule has 4 aliphatic carbocycles. The molecule has 4 nitrogen and oxygen atoms in total. The van der Waals surface area contributed by atoms with Gasteiger partial charge in [-0.25, -0.2) is 0 Å². The van der Waals surface area contributed by atoms with Crippen molar-refractivity contribution < 1.29 is 19.7 Å². The van der Waals surface area contributed by atoms with E-state index in [0.29, 0.717) is 28.6 Å². The number of aliphatic hydroxyl groups is 2. The molecule has 1 saturated heterocycles. The molecule has 1 aliphatic heterocycles. The van der Waals surface area contributed by atoms with E-state index in [4.69, 9.17) is 4.74 Å². The van der Waals surface area contributed by atoms with Crippen LogP contribution in [0.15, 0.2) is 0 Å². The van der Waals surface area contributed by atoms with Gasteiger partial charge in [0.15, 0.2) is 0 Å². The van der Waals surface area contributed by atoms with Crippen molar-refractivity contribution in [1.82, 2.24) is 0 Å². The Morgan fingerprint density at radius 1 is 1.12 bits per heavy atom. The standard InChI is InChI=1S/C30H50O4/c1-8-13-29-19(3)30(29)15-14-27(6)25(22-10-12-24(34-22)26(4,5)33)21(32)16-28(27,7)23(30)11-9-20(29)18(2)17-31/h17-25,32-33H,8-16H2,1-7H3/t18?,19?,20?,21?,22?,23?,24?,25?,27?,28-,29?,30?/m0/s1. The van der Waals surface area contributed by atoms with E-state index in [1.807, 2.05) is 13.8 Å². The molecule has 0 amide bonds. The van der Waals surface area contributed by atoms with Crippen LogP contribution in [0.3, 0.4) is 0 Å². The van der Waals surface area contributed by atoms with Gasteiger partial charge in [-0.2, -0.15) is 0 Å². The Kier molecular flexibility index (Phi) is 5.77. The lowest BCUT2D eigenvalue weighted by molar-refractivity contribution is -0.156. The van der Waals surface area contributed by atoms with Crippen molar-refractivity contribution >= 4 is 6.29 Å². The van der Waals surface area contributed by atoms with Crippen molar-refractivity contribution in [3.63, 3.8) is 0 Å². The van der Waals surface area contributed by atoms with Gasteiger partial charge in [0.25, 0.3) is 0 Å². The second-order valence-corrected chi connectivity index (χ2v) is 14.3. The first-order valence-corrected chi connectivity index (χ1v) is 14.4. The molecule has 12 atom stereocenters. The molecule has 5 rings (SSSR count). The van der Waals surface area contributed by atoms with Crippen LogP contribution in [0.25, 0.3) is 0 Å². The first-order valence-electron chi connectivity index (χ1n) is 14.4. The van der Waals surface area contributed by atoms with Crippen LogP contribution in [-0.4, -0.2) is 40.4 Å². The van der Waals surface area contributed by atoms with Crippen LogP contribution in [0, 0.1) is 51.2 Å². The van der Waals surface area contributed by atoms with Gasteiger partial charge in [-0.05, 0) is 105 Å². The highest BCUT2D eigenvalue weighted by molar-refractivity contribution is 5.54. The highest BCUT2D eigenvalue weighted by atomic mass is 16.5. The van der Waals surface area contributed by atoms with Gasteiger partial charge >= 0.3 is 0 Å². The molecule has 5 aliphatic rings. The largest absolute Gasteiger partial charge is 0.393 e. The van der Waals surface area contributed by atoms with Gasteiger partial charge in [-0.1, -0.05) is 41.0 Å². The molecule has 4 saturated carbocycles. The van der Waals surface area contributed by atoms with E-state index >= 15 is 0 Å². The summed E-state index contributed by atoms with van der Waals surface area (Å²) in [4.78, 5) is 11.9. The summed E-state index contributed by atoms with van der Waals surface area (Å²) in [5, 5.41) is 22.2. The molecular weight excluding hydrogens is 424 g/mol. The molecule has 0 aromatic rings. The zero-order chi connectivity index (χ0) is 24.9. The molecule has 0 aromatic heterocycles. The number of hydrogen-bond acceptors (Lipinski definition) is 4. The van der Waals surface area contributed by atoms with E-state index in [0.717, 1.165) is 32.1 Å². The summed E-state index contributed by atoms with van der Waals surface area (Å²) >= 11 is 0. The number of aliphatic hydroxyl groups excluding tert-OH is 1. The van der Waals surface area contributed by atoms with Crippen molar-refractivity contribution in [3.8, 4) is 0 Å². The average Bonchev–Trinajstić information content (AvgIpc) is 3.06. The van der Waals surface area contributed by atoms with Crippen molar-refractivity contribution in [1.29, 1.82) is 0 Å². The third-order valence-electron chi connectivity index (χ3n) is 13.0. The molecule has 34 heavy (non-hydrogen) atoms. The number of carbonyl (C=O) groups is 1. The number of fused-ring (bicyclic) bond motifs is 2. The van der Waals surface area contributed by atoms with E-state index < -0.39 is 5.60 Å². The minimum atomic E-state index is -0.837. The highest BCUT2D eigenvalue weighted by Gasteiger charge is 2.84. The van der Waals surface area contributed by atoms with E-state index in [2.05, 4.69) is 34.6 Å². The van der Waals surface area contributed by atoms with Gasteiger partial charge < -0.3 is 19.7 Å². The second kappa shape index (κ2) is 7.78. The first-order chi connectivity index (χ1) is 15.8. The number of hydrogen-bond donors (Lipinski definition) is 2. The van der Waals surface area contributed by atoms with Crippen molar-refractivity contribution in [2.24, 2.45) is 51.2 Å². The lowest BCUT2D eigenvalue weighted by Crippen LogP contribution is -2.55. The zero-order valence-electron chi connectivity index (χ0n) is 22.8. The molecule has 1 spiro atoms. The SMILES string of the molecule is CCCC12C(C(C)C=O)CCC3C1(CCC1(C)C(C4CCC(C(C)(C)O)O4)C(O)C[C@@]31C)C2C. The van der Waals surface area contributed by atoms with Crippen LogP contribution in [-0.2, 0) is 9.53 Å². The highest BCUT2D eigenvalue weighted by Crippen LogP contribution is 2.89. The van der Waals surface area contributed by atoms with Crippen LogP contribution >= 0.6 is 0 Å². The molecule has 1 heterocycles. The second-order valence-electron chi connectivity index (χ2n) is 14.3. The van der Waals surface area contributed by atoms with Crippen molar-refractivity contribution in [3.05, 3.63) is 0 Å². The summed E-state index contributed by atoms with van der Waals surface area (Å²) < 4.78 is 6.50. The first kappa shape index (κ1) is 25.2. The molecule has 5 fully saturated rings. The Morgan fingerprint density at radius 3 is 2.41 bits per heavy atom. The van der Waals surface area contributed by atoms with Gasteiger partial charge in [0.2, 0.25) is 0 Å². The van der Waals surface area contributed by atoms with Gasteiger partial charge in [-0.3, -0.25) is 0 Å². The predicted molar refractivity (Wildman–Crippen MR) is 134 cm³/mol. The molecule has 194 valence electrons. The van der Waals surface area contributed by atoms with Gasteiger partial charge in [0.1, 0.15) is 6.29 Å². The maximum Gasteiger partial charge on any atom is 0.123 e. The number of ether oxygens (including phenoxy) is 1. The third-order valence-corrected chi connectivity index (χ3v) is 13.0. The van der Waals surface area contributed by atoms with Crippen LogP contribution in [0.5, 0.6) is 0 Å². The van der Waals surface area contributed by atoms with E-state index in [1.54, 1.807) is 0 Å². The molecule has 11 unspecified atom stereocenters. The number of carbonyl (C=O) groups excluding carboxylic acids is 1. The molecular formula is C30H50O4. The quantitative estimate of drug-likeness (QED) is 0.479. The summed E-state index contributed by atoms with van der Waals surface area (Å²) in [6, 6.07) is 0. The van der Waals surface area contributed by atoms with Gasteiger partial charge in [0, 0.05) is 11.8 Å². The minimum absolute atomic E-state index is 0.0377. The lowest BCUT2D eigenvalue weighted by Gasteiger charge is -2.61. The minimum Gasteiger partial charge on any atom is -0.393 e. The normalized spacial score (nSPS) is 55.3. The van der Waals surface area contributed by atoms with Crippen LogP contribution in [0.1, 0.15) is 106 Å². The fourth-order valence-electron chi connectivity index (χ4n) is 11.6. The van der Waals surface area contributed by atoms with Crippen LogP contribution < -0.4 is 0 Å². The van der Waals surface area contributed by atoms with Gasteiger partial charge in [-0.15, -0.1) is 0 Å². The molecule has 2 N–H and O–H groups in total. The van der Waals surface area contributed by atoms with E-state index in [9.17, 15) is 15.0 Å². The molecule has 4 heteroatoms. The summed E-state index contributed by atoms with van der Waals surface area (Å²) in [5.41, 5.74) is -0.0715. The average molecular weight is 475 g/mol. The summed E-state index contributed by atoms with van der Waals surface area (Å²) in [5.74, 6) is 2.07. The van der Waals surface area contributed by atoms with Crippen LogP contribution in [0.4, 0.5) is 0 Å². The molecule has 0 bridgehead atoms. The Bertz CT molecular complexity index is 819. The summed E-state index contributed by atoms with van der Waals surface area (Å²) in [6.45, 7) is 15.7. The summed E-state index contributed by atoms with van der Waals surface area (Å²) in [7, 11) is 0. The topological polar surface area (TPSA) is 66.8 Å². The fraction of sp³-hybridized carbons (Fsp3) is 0.967. The molecule has 0 aromatic carbocycles. The summed E-state index contributed by atoms with van der Waals surface area (Å²) in [6.07, 6.45) is 10.6. The molecule has 0 radical (unpaired) electrons. The lowest BCUT2D eigenvalue weighted by atomic mass is 9.43. The maximum atomic E-state index is 11.9. The Hall–Kier alpha value is -0.450. The Morgan fingerprint density at radius 2 is 1.82 bits per heavy atom. The van der Waals surface area contributed by atoms with Crippen LogP contribution in [0.2, 0.25) is 0 Å². The van der Waals surface area contributed by atoms with Gasteiger partial charge in [0.05, 0.1) is 23.9 Å². The Balaban J connectivity index is 1.49. The Labute approximate surface area is 207 Å². The third kappa shape index (κ3) is 2.86. The number of aldehydes is 1. The predicted octanol–water partition coefficient (Wildman–Crippen LogP) is 5.78.